The number of anilines is 1. The lowest BCUT2D eigenvalue weighted by Crippen LogP contribution is -2.21. The van der Waals surface area contributed by atoms with Crippen LogP contribution in [0.5, 0.6) is 11.5 Å². The van der Waals surface area contributed by atoms with Gasteiger partial charge in [0, 0.05) is 24.8 Å². The van der Waals surface area contributed by atoms with Gasteiger partial charge in [-0.25, -0.2) is 22.0 Å². The van der Waals surface area contributed by atoms with Crippen LogP contribution >= 0.6 is 0 Å². The molecule has 0 radical (unpaired) electrons. The van der Waals surface area contributed by atoms with E-state index in [-0.39, 0.29) is 23.0 Å². The number of allylic oxidation sites excluding steroid dienone is 1. The highest BCUT2D eigenvalue weighted by Gasteiger charge is 2.31. The van der Waals surface area contributed by atoms with Gasteiger partial charge in [0.05, 0.1) is 11.1 Å². The molecule has 4 nitrogen and oxygen atoms in total. The quantitative estimate of drug-likeness (QED) is 0.155. The topological polar surface area (TPSA) is 38.8 Å². The van der Waals surface area contributed by atoms with E-state index in [1.54, 1.807) is 13.0 Å². The van der Waals surface area contributed by atoms with Crippen molar-refractivity contribution in [1.29, 1.82) is 0 Å². The summed E-state index contributed by atoms with van der Waals surface area (Å²) in [6.45, 7) is 6.55. The smallest absolute Gasteiger partial charge is 0.232 e. The zero-order valence-electron chi connectivity index (χ0n) is 19.7. The minimum absolute atomic E-state index is 0.0350. The fourth-order valence-electron chi connectivity index (χ4n) is 4.01. The maximum Gasteiger partial charge on any atom is 0.232 e. The highest BCUT2D eigenvalue weighted by Crippen LogP contribution is 2.38. The van der Waals surface area contributed by atoms with Crippen LogP contribution in [-0.2, 0) is 6.61 Å². The van der Waals surface area contributed by atoms with E-state index in [1.807, 2.05) is 24.3 Å². The van der Waals surface area contributed by atoms with Gasteiger partial charge in [0.1, 0.15) is 18.1 Å². The third-order valence-corrected chi connectivity index (χ3v) is 5.95. The van der Waals surface area contributed by atoms with E-state index in [2.05, 4.69) is 18.7 Å². The second kappa shape index (κ2) is 10.0. The number of carbonyl (C=O) groups excluding carboxylic acids is 1. The molecule has 0 spiro atoms. The van der Waals surface area contributed by atoms with Crippen LogP contribution in [-0.4, -0.2) is 18.9 Å². The number of nitrogens with zero attached hydrogens (tertiary/aromatic N) is 1. The molecule has 36 heavy (non-hydrogen) atoms. The number of aryl methyl sites for hydroxylation is 1. The Bertz CT molecular complexity index is 1340. The molecular weight excluding hydrogens is 481 g/mol. The molecule has 3 aromatic carbocycles. The molecule has 0 atom stereocenters. The Kier molecular flexibility index (Phi) is 7.01. The zero-order chi connectivity index (χ0) is 26.1. The average molecular weight is 503 g/mol. The highest BCUT2D eigenvalue weighted by atomic mass is 19.2. The SMILES string of the molecule is CCN(CC)c1ccc(/C=C2\Oc3cc(OCc4c(F)c(F)c(F)c(F)c4F)cc(C)c3C2=O)cc1. The number of fused-ring (bicyclic) bond motifs is 1. The zero-order valence-corrected chi connectivity index (χ0v) is 19.7. The number of hydrogen-bond acceptors (Lipinski definition) is 4. The Morgan fingerprint density at radius 3 is 2.06 bits per heavy atom. The van der Waals surface area contributed by atoms with Gasteiger partial charge in [-0.3, -0.25) is 4.79 Å². The van der Waals surface area contributed by atoms with Crippen molar-refractivity contribution in [3.05, 3.63) is 93.5 Å². The fraction of sp³-hybridized carbons (Fsp3) is 0.222. The Hall–Kier alpha value is -3.88. The number of rotatable bonds is 7. The lowest BCUT2D eigenvalue weighted by Gasteiger charge is -2.20. The van der Waals surface area contributed by atoms with Gasteiger partial charge in [-0.15, -0.1) is 0 Å². The summed E-state index contributed by atoms with van der Waals surface area (Å²) in [6.07, 6.45) is 1.60. The van der Waals surface area contributed by atoms with E-state index < -0.39 is 41.3 Å². The summed E-state index contributed by atoms with van der Waals surface area (Å²) in [6, 6.07) is 10.4. The average Bonchev–Trinajstić information content (AvgIpc) is 3.18. The molecule has 0 saturated heterocycles. The van der Waals surface area contributed by atoms with Gasteiger partial charge in [0.25, 0.3) is 0 Å². The Morgan fingerprint density at radius 1 is 0.889 bits per heavy atom. The Balaban J connectivity index is 1.56. The first kappa shape index (κ1) is 25.2. The van der Waals surface area contributed by atoms with Crippen molar-refractivity contribution in [2.75, 3.05) is 18.0 Å². The summed E-state index contributed by atoms with van der Waals surface area (Å²) in [5, 5.41) is 0. The van der Waals surface area contributed by atoms with E-state index in [0.717, 1.165) is 24.3 Å². The molecular formula is C27H22F5NO3. The monoisotopic (exact) mass is 503 g/mol. The first-order valence-corrected chi connectivity index (χ1v) is 11.2. The van der Waals surface area contributed by atoms with Crippen molar-refractivity contribution in [2.24, 2.45) is 0 Å². The third kappa shape index (κ3) is 4.53. The van der Waals surface area contributed by atoms with Crippen LogP contribution < -0.4 is 14.4 Å². The minimum atomic E-state index is -2.24. The van der Waals surface area contributed by atoms with Crippen molar-refractivity contribution in [3.8, 4) is 11.5 Å². The van der Waals surface area contributed by atoms with Crippen molar-refractivity contribution in [3.63, 3.8) is 0 Å². The molecule has 0 aliphatic carbocycles. The molecule has 0 saturated carbocycles. The molecule has 0 amide bonds. The molecule has 0 fully saturated rings. The van der Waals surface area contributed by atoms with Crippen molar-refractivity contribution >= 4 is 17.5 Å². The molecule has 188 valence electrons. The standard InChI is InChI=1S/C27H22F5NO3/c1-4-33(5-2)16-8-6-15(7-9-16)11-20-27(34)21-14(3)10-17(12-19(21)36-20)35-13-18-22(28)24(30)26(32)25(31)23(18)29/h6-12H,4-5,13H2,1-3H3/b20-11-. The molecule has 1 heterocycles. The lowest BCUT2D eigenvalue weighted by molar-refractivity contribution is 0.101. The van der Waals surface area contributed by atoms with Crippen molar-refractivity contribution in [1.82, 2.24) is 0 Å². The van der Waals surface area contributed by atoms with Crippen LogP contribution in [0.1, 0.15) is 40.9 Å². The summed E-state index contributed by atoms with van der Waals surface area (Å²) in [4.78, 5) is 15.1. The summed E-state index contributed by atoms with van der Waals surface area (Å²) in [5.41, 5.74) is 1.46. The summed E-state index contributed by atoms with van der Waals surface area (Å²) >= 11 is 0. The second-order valence-corrected chi connectivity index (χ2v) is 8.15. The largest absolute Gasteiger partial charge is 0.489 e. The van der Waals surface area contributed by atoms with Gasteiger partial charge in [-0.1, -0.05) is 12.1 Å². The highest BCUT2D eigenvalue weighted by molar-refractivity contribution is 6.15. The number of benzene rings is 3. The van der Waals surface area contributed by atoms with Crippen LogP contribution in [0.2, 0.25) is 0 Å². The molecule has 4 rings (SSSR count). The number of hydrogen-bond donors (Lipinski definition) is 0. The van der Waals surface area contributed by atoms with Crippen LogP contribution in [0.25, 0.3) is 6.08 Å². The fourth-order valence-corrected chi connectivity index (χ4v) is 4.01. The van der Waals surface area contributed by atoms with Crippen molar-refractivity contribution in [2.45, 2.75) is 27.4 Å². The number of ether oxygens (including phenoxy) is 2. The van der Waals surface area contributed by atoms with E-state index in [9.17, 15) is 26.7 Å². The Labute approximate surface area is 204 Å². The van der Waals surface area contributed by atoms with Crippen LogP contribution in [0.15, 0.2) is 42.2 Å². The predicted octanol–water partition coefficient (Wildman–Crippen LogP) is 6.73. The summed E-state index contributed by atoms with van der Waals surface area (Å²) < 4.78 is 79.1. The molecule has 3 aromatic rings. The molecule has 0 aromatic heterocycles. The van der Waals surface area contributed by atoms with Gasteiger partial charge in [-0.05, 0) is 56.2 Å². The molecule has 9 heteroatoms. The van der Waals surface area contributed by atoms with E-state index in [0.29, 0.717) is 11.1 Å². The van der Waals surface area contributed by atoms with Crippen LogP contribution in [0, 0.1) is 36.0 Å². The second-order valence-electron chi connectivity index (χ2n) is 8.15. The Morgan fingerprint density at radius 2 is 1.47 bits per heavy atom. The maximum absolute atomic E-state index is 13.9. The predicted molar refractivity (Wildman–Crippen MR) is 125 cm³/mol. The molecule has 0 N–H and O–H groups in total. The molecule has 1 aliphatic heterocycles. The first-order valence-electron chi connectivity index (χ1n) is 11.2. The normalized spacial score (nSPS) is 13.7. The third-order valence-electron chi connectivity index (χ3n) is 5.95. The van der Waals surface area contributed by atoms with Crippen molar-refractivity contribution < 1.29 is 36.2 Å². The number of ketones is 1. The minimum Gasteiger partial charge on any atom is -0.489 e. The first-order chi connectivity index (χ1) is 17.2. The van der Waals surface area contributed by atoms with Gasteiger partial charge >= 0.3 is 0 Å². The van der Waals surface area contributed by atoms with E-state index >= 15 is 0 Å². The van der Waals surface area contributed by atoms with Crippen LogP contribution in [0.3, 0.4) is 0 Å². The molecule has 0 unspecified atom stereocenters. The van der Waals surface area contributed by atoms with Crippen LogP contribution in [0.4, 0.5) is 27.6 Å². The number of carbonyl (C=O) groups is 1. The summed E-state index contributed by atoms with van der Waals surface area (Å²) in [7, 11) is 0. The van der Waals surface area contributed by atoms with Gasteiger partial charge in [0.2, 0.25) is 11.6 Å². The van der Waals surface area contributed by atoms with E-state index in [1.165, 1.54) is 12.1 Å². The summed E-state index contributed by atoms with van der Waals surface area (Å²) in [5.74, 6) is -10.3. The molecule has 0 bridgehead atoms. The van der Waals surface area contributed by atoms with E-state index in [4.69, 9.17) is 9.47 Å². The lowest BCUT2D eigenvalue weighted by atomic mass is 10.0. The van der Waals surface area contributed by atoms with Gasteiger partial charge in [-0.2, -0.15) is 0 Å². The van der Waals surface area contributed by atoms with Gasteiger partial charge in [0.15, 0.2) is 29.0 Å². The molecule has 1 aliphatic rings. The number of Topliss-reactive ketones (excluding diaryl/α,β-unsaturated/α-hetero) is 1. The maximum atomic E-state index is 13.9. The van der Waals surface area contributed by atoms with Gasteiger partial charge < -0.3 is 14.4 Å². The number of halogens is 5.